The smallest absolute Gasteiger partial charge is 0.341 e. The second kappa shape index (κ2) is 10.6. The first-order valence-corrected chi connectivity index (χ1v) is 12.2. The van der Waals surface area contributed by atoms with E-state index in [4.69, 9.17) is 9.15 Å². The van der Waals surface area contributed by atoms with Gasteiger partial charge in [0, 0.05) is 11.0 Å². The Morgan fingerprint density at radius 2 is 2.00 bits per heavy atom. The number of nitrogens with zero attached hydrogens (tertiary/aromatic N) is 2. The van der Waals surface area contributed by atoms with Crippen molar-refractivity contribution in [2.24, 2.45) is 0 Å². The number of esters is 1. The molecule has 3 aromatic rings. The van der Waals surface area contributed by atoms with E-state index >= 15 is 0 Å². The number of nitrogens with one attached hydrogen (secondary N) is 1. The molecule has 1 N–H and O–H groups in total. The van der Waals surface area contributed by atoms with Crippen LogP contribution in [-0.4, -0.2) is 34.4 Å². The van der Waals surface area contributed by atoms with Gasteiger partial charge in [0.25, 0.3) is 5.22 Å². The number of thiophene rings is 1. The van der Waals surface area contributed by atoms with Crippen molar-refractivity contribution in [3.05, 3.63) is 57.8 Å². The number of carbonyl (C=O) groups is 2. The third-order valence-corrected chi connectivity index (χ3v) is 6.90. The molecule has 0 bridgehead atoms. The van der Waals surface area contributed by atoms with E-state index in [9.17, 15) is 9.59 Å². The Morgan fingerprint density at radius 1 is 1.19 bits per heavy atom. The fourth-order valence-electron chi connectivity index (χ4n) is 3.44. The molecule has 7 nitrogen and oxygen atoms in total. The van der Waals surface area contributed by atoms with Gasteiger partial charge in [-0.05, 0) is 49.8 Å². The number of anilines is 1. The maximum atomic E-state index is 12.6. The van der Waals surface area contributed by atoms with Gasteiger partial charge in [-0.15, -0.1) is 21.5 Å². The number of fused-ring (bicyclic) bond motifs is 1. The minimum Gasteiger partial charge on any atom is -0.462 e. The van der Waals surface area contributed by atoms with Gasteiger partial charge in [0.05, 0.1) is 17.9 Å². The second-order valence-electron chi connectivity index (χ2n) is 7.12. The minimum absolute atomic E-state index is 0.0921. The van der Waals surface area contributed by atoms with Gasteiger partial charge < -0.3 is 14.5 Å². The van der Waals surface area contributed by atoms with Crippen LogP contribution in [-0.2, 0) is 22.4 Å². The van der Waals surface area contributed by atoms with Crippen LogP contribution in [0.25, 0.3) is 12.2 Å². The molecule has 32 heavy (non-hydrogen) atoms. The lowest BCUT2D eigenvalue weighted by atomic mass is 9.95. The first-order chi connectivity index (χ1) is 15.6. The Bertz CT molecular complexity index is 1120. The van der Waals surface area contributed by atoms with Crippen molar-refractivity contribution < 1.29 is 18.7 Å². The lowest BCUT2D eigenvalue weighted by Crippen LogP contribution is -2.17. The van der Waals surface area contributed by atoms with Gasteiger partial charge in [0.15, 0.2) is 0 Å². The number of amides is 1. The van der Waals surface area contributed by atoms with Crippen LogP contribution in [0, 0.1) is 0 Å². The molecule has 1 aromatic carbocycles. The van der Waals surface area contributed by atoms with Crippen LogP contribution in [0.5, 0.6) is 0 Å². The van der Waals surface area contributed by atoms with Crippen LogP contribution in [0.15, 0.2) is 40.0 Å². The largest absolute Gasteiger partial charge is 0.462 e. The van der Waals surface area contributed by atoms with Gasteiger partial charge in [0.1, 0.15) is 5.00 Å². The highest BCUT2D eigenvalue weighted by Gasteiger charge is 2.27. The number of rotatable bonds is 8. The molecule has 2 heterocycles. The molecule has 0 aliphatic heterocycles. The van der Waals surface area contributed by atoms with Crippen LogP contribution >= 0.6 is 23.1 Å². The normalized spacial score (nSPS) is 13.2. The summed E-state index contributed by atoms with van der Waals surface area (Å²) in [4.78, 5) is 26.2. The molecule has 0 radical (unpaired) electrons. The molecule has 0 spiro atoms. The monoisotopic (exact) mass is 469 g/mol. The van der Waals surface area contributed by atoms with E-state index in [-0.39, 0.29) is 17.6 Å². The number of hydrogen-bond donors (Lipinski definition) is 1. The van der Waals surface area contributed by atoms with E-state index in [1.807, 2.05) is 36.4 Å². The summed E-state index contributed by atoms with van der Waals surface area (Å²) in [5, 5.41) is 11.7. The summed E-state index contributed by atoms with van der Waals surface area (Å²) < 4.78 is 10.8. The lowest BCUT2D eigenvalue weighted by molar-refractivity contribution is -0.113. The van der Waals surface area contributed by atoms with E-state index in [0.717, 1.165) is 53.4 Å². The van der Waals surface area contributed by atoms with Crippen LogP contribution in [0.1, 0.15) is 52.0 Å². The first-order valence-electron chi connectivity index (χ1n) is 10.4. The van der Waals surface area contributed by atoms with Crippen LogP contribution < -0.4 is 5.32 Å². The SMILES string of the molecule is CCOC(=O)c1c(NC(=O)CSc2nnc(C=Cc3ccccc3)o2)sc2c1CCCC2. The van der Waals surface area contributed by atoms with Crippen LogP contribution in [0.4, 0.5) is 5.00 Å². The molecule has 0 saturated heterocycles. The summed E-state index contributed by atoms with van der Waals surface area (Å²) >= 11 is 2.62. The van der Waals surface area contributed by atoms with Crippen LogP contribution in [0.2, 0.25) is 0 Å². The van der Waals surface area contributed by atoms with Crippen LogP contribution in [0.3, 0.4) is 0 Å². The summed E-state index contributed by atoms with van der Waals surface area (Å²) in [6.07, 6.45) is 7.51. The standard InChI is InChI=1S/C23H23N3O4S2/c1-2-29-22(28)20-16-10-6-7-11-17(16)32-21(20)24-18(27)14-31-23-26-25-19(30-23)13-12-15-8-4-3-5-9-15/h3-5,8-9,12-13H,2,6-7,10-11,14H2,1H3,(H,24,27). The fraction of sp³-hybridized carbons (Fsp3) is 0.304. The van der Waals surface area contributed by atoms with Gasteiger partial charge in [0.2, 0.25) is 11.8 Å². The maximum absolute atomic E-state index is 12.6. The van der Waals surface area contributed by atoms with Crippen molar-refractivity contribution in [1.29, 1.82) is 0 Å². The fourth-order valence-corrected chi connectivity index (χ4v) is 5.30. The van der Waals surface area contributed by atoms with Crippen molar-refractivity contribution in [2.45, 2.75) is 37.8 Å². The predicted octanol–water partition coefficient (Wildman–Crippen LogP) is 5.09. The van der Waals surface area contributed by atoms with Crippen molar-refractivity contribution in [3.63, 3.8) is 0 Å². The molecule has 4 rings (SSSR count). The summed E-state index contributed by atoms with van der Waals surface area (Å²) in [6.45, 7) is 2.07. The van der Waals surface area contributed by atoms with E-state index < -0.39 is 0 Å². The lowest BCUT2D eigenvalue weighted by Gasteiger charge is -2.12. The Labute approximate surface area is 194 Å². The van der Waals surface area contributed by atoms with Gasteiger partial charge in [-0.2, -0.15) is 0 Å². The summed E-state index contributed by atoms with van der Waals surface area (Å²) in [7, 11) is 0. The van der Waals surface area contributed by atoms with Gasteiger partial charge >= 0.3 is 5.97 Å². The van der Waals surface area contributed by atoms with E-state index in [0.29, 0.717) is 28.3 Å². The zero-order valence-electron chi connectivity index (χ0n) is 17.6. The molecule has 0 atom stereocenters. The first kappa shape index (κ1) is 22.3. The molecule has 2 aromatic heterocycles. The predicted molar refractivity (Wildman–Crippen MR) is 126 cm³/mol. The highest BCUT2D eigenvalue weighted by molar-refractivity contribution is 7.99. The Morgan fingerprint density at radius 3 is 2.81 bits per heavy atom. The molecular weight excluding hydrogens is 446 g/mol. The van der Waals surface area contributed by atoms with Crippen molar-refractivity contribution in [1.82, 2.24) is 10.2 Å². The topological polar surface area (TPSA) is 94.3 Å². The van der Waals surface area contributed by atoms with Gasteiger partial charge in [-0.25, -0.2) is 4.79 Å². The minimum atomic E-state index is -0.374. The number of hydrogen-bond acceptors (Lipinski definition) is 8. The number of thioether (sulfide) groups is 1. The molecule has 9 heteroatoms. The summed E-state index contributed by atoms with van der Waals surface area (Å²) in [5.41, 5.74) is 2.56. The molecule has 1 aliphatic carbocycles. The van der Waals surface area contributed by atoms with Crippen molar-refractivity contribution in [2.75, 3.05) is 17.7 Å². The zero-order valence-corrected chi connectivity index (χ0v) is 19.3. The molecule has 0 unspecified atom stereocenters. The summed E-state index contributed by atoms with van der Waals surface area (Å²) in [6, 6.07) is 9.79. The number of aryl methyl sites for hydroxylation is 1. The highest BCUT2D eigenvalue weighted by atomic mass is 32.2. The number of aromatic nitrogens is 2. The van der Waals surface area contributed by atoms with Gasteiger partial charge in [-0.1, -0.05) is 42.1 Å². The highest BCUT2D eigenvalue weighted by Crippen LogP contribution is 2.38. The Balaban J connectivity index is 1.37. The molecule has 0 fully saturated rings. The Kier molecular flexibility index (Phi) is 7.39. The molecule has 0 saturated carbocycles. The van der Waals surface area contributed by atoms with Gasteiger partial charge in [-0.3, -0.25) is 4.79 Å². The second-order valence-corrected chi connectivity index (χ2v) is 9.15. The Hall–Kier alpha value is -2.91. The third kappa shape index (κ3) is 5.46. The molecule has 166 valence electrons. The maximum Gasteiger partial charge on any atom is 0.341 e. The third-order valence-electron chi connectivity index (χ3n) is 4.87. The van der Waals surface area contributed by atoms with E-state index in [1.54, 1.807) is 13.0 Å². The number of ether oxygens (including phenoxy) is 1. The van der Waals surface area contributed by atoms with E-state index in [1.165, 1.54) is 11.3 Å². The molecule has 1 amide bonds. The number of carbonyl (C=O) groups excluding carboxylic acids is 2. The zero-order chi connectivity index (χ0) is 22.3. The van der Waals surface area contributed by atoms with Crippen molar-refractivity contribution in [3.8, 4) is 0 Å². The quantitative estimate of drug-likeness (QED) is 0.363. The average molecular weight is 470 g/mol. The average Bonchev–Trinajstić information content (AvgIpc) is 3.41. The summed E-state index contributed by atoms with van der Waals surface area (Å²) in [5.74, 6) is -0.151. The molecule has 1 aliphatic rings. The molecular formula is C23H23N3O4S2. The van der Waals surface area contributed by atoms with Crippen molar-refractivity contribution >= 4 is 52.1 Å². The number of benzene rings is 1. The van der Waals surface area contributed by atoms with E-state index in [2.05, 4.69) is 15.5 Å².